The van der Waals surface area contributed by atoms with Gasteiger partial charge in [-0.25, -0.2) is 0 Å². The van der Waals surface area contributed by atoms with Crippen LogP contribution in [-0.4, -0.2) is 16.9 Å². The van der Waals surface area contributed by atoms with Crippen LogP contribution in [0.2, 0.25) is 0 Å². The third kappa shape index (κ3) is 4.27. The Morgan fingerprint density at radius 1 is 1.19 bits per heavy atom. The van der Waals surface area contributed by atoms with Crippen molar-refractivity contribution < 1.29 is 4.79 Å². The molecule has 1 aromatic rings. The average Bonchev–Trinajstić information content (AvgIpc) is 2.44. The molecule has 0 spiro atoms. The summed E-state index contributed by atoms with van der Waals surface area (Å²) in [5.41, 5.74) is 1.80. The van der Waals surface area contributed by atoms with Gasteiger partial charge in [0.2, 0.25) is 5.91 Å². The third-order valence-corrected chi connectivity index (χ3v) is 4.84. The minimum atomic E-state index is -0.0616. The van der Waals surface area contributed by atoms with Gasteiger partial charge in [0.05, 0.1) is 0 Å². The van der Waals surface area contributed by atoms with Gasteiger partial charge in [-0.1, -0.05) is 38.9 Å². The van der Waals surface area contributed by atoms with E-state index in [-0.39, 0.29) is 5.91 Å². The first kappa shape index (κ1) is 16.0. The Labute approximate surface area is 132 Å². The SMILES string of the molecule is CC(=O)Nc1ccc(C(=S)N[C@H]2CCC[C@@H](C)[C@H]2C)cc1. The Bertz CT molecular complexity index is 512. The molecule has 0 heterocycles. The second-order valence-corrected chi connectivity index (χ2v) is 6.51. The molecule has 1 aromatic carbocycles. The molecular weight excluding hydrogens is 280 g/mol. The number of hydrogen-bond donors (Lipinski definition) is 2. The molecule has 2 N–H and O–H groups in total. The van der Waals surface area contributed by atoms with E-state index >= 15 is 0 Å². The zero-order chi connectivity index (χ0) is 15.4. The minimum Gasteiger partial charge on any atom is -0.373 e. The molecular formula is C17H24N2OS. The Morgan fingerprint density at radius 3 is 2.48 bits per heavy atom. The normalized spacial score (nSPS) is 25.2. The van der Waals surface area contributed by atoms with Crippen LogP contribution in [0.1, 0.15) is 45.6 Å². The number of nitrogens with one attached hydrogen (secondary N) is 2. The topological polar surface area (TPSA) is 41.1 Å². The lowest BCUT2D eigenvalue weighted by Gasteiger charge is -2.35. The minimum absolute atomic E-state index is 0.0616. The number of carbonyl (C=O) groups is 1. The van der Waals surface area contributed by atoms with Crippen molar-refractivity contribution in [3.8, 4) is 0 Å². The molecule has 1 aliphatic rings. The van der Waals surface area contributed by atoms with Gasteiger partial charge in [-0.2, -0.15) is 0 Å². The summed E-state index contributed by atoms with van der Waals surface area (Å²) in [4.78, 5) is 11.8. The van der Waals surface area contributed by atoms with Gasteiger partial charge in [-0.15, -0.1) is 0 Å². The maximum atomic E-state index is 11.0. The van der Waals surface area contributed by atoms with Gasteiger partial charge in [-0.05, 0) is 42.5 Å². The Hall–Kier alpha value is -1.42. The van der Waals surface area contributed by atoms with Crippen LogP contribution >= 0.6 is 12.2 Å². The zero-order valence-corrected chi connectivity index (χ0v) is 13.8. The maximum absolute atomic E-state index is 11.0. The fourth-order valence-corrected chi connectivity index (χ4v) is 3.23. The van der Waals surface area contributed by atoms with Gasteiger partial charge < -0.3 is 10.6 Å². The first-order valence-electron chi connectivity index (χ1n) is 7.66. The van der Waals surface area contributed by atoms with Crippen LogP contribution in [0, 0.1) is 11.8 Å². The summed E-state index contributed by atoms with van der Waals surface area (Å²) in [5, 5.41) is 6.28. The average molecular weight is 304 g/mol. The van der Waals surface area contributed by atoms with Crippen molar-refractivity contribution in [1.82, 2.24) is 5.32 Å². The van der Waals surface area contributed by atoms with Gasteiger partial charge >= 0.3 is 0 Å². The van der Waals surface area contributed by atoms with Crippen molar-refractivity contribution in [3.05, 3.63) is 29.8 Å². The molecule has 1 aliphatic carbocycles. The van der Waals surface area contributed by atoms with E-state index in [9.17, 15) is 4.79 Å². The van der Waals surface area contributed by atoms with E-state index < -0.39 is 0 Å². The van der Waals surface area contributed by atoms with E-state index in [2.05, 4.69) is 24.5 Å². The van der Waals surface area contributed by atoms with Crippen LogP contribution in [0.4, 0.5) is 5.69 Å². The fourth-order valence-electron chi connectivity index (χ4n) is 2.95. The monoisotopic (exact) mass is 304 g/mol. The molecule has 3 nitrogen and oxygen atoms in total. The van der Waals surface area contributed by atoms with Gasteiger partial charge in [0.25, 0.3) is 0 Å². The number of anilines is 1. The van der Waals surface area contributed by atoms with Crippen molar-refractivity contribution in [2.24, 2.45) is 11.8 Å². The Morgan fingerprint density at radius 2 is 1.86 bits per heavy atom. The van der Waals surface area contributed by atoms with Crippen LogP contribution < -0.4 is 10.6 Å². The number of carbonyl (C=O) groups excluding carboxylic acids is 1. The van der Waals surface area contributed by atoms with Crippen LogP contribution in [0.5, 0.6) is 0 Å². The molecule has 0 unspecified atom stereocenters. The zero-order valence-electron chi connectivity index (χ0n) is 13.0. The van der Waals surface area contributed by atoms with Crippen LogP contribution in [-0.2, 0) is 4.79 Å². The van der Waals surface area contributed by atoms with Crippen molar-refractivity contribution in [1.29, 1.82) is 0 Å². The predicted molar refractivity (Wildman–Crippen MR) is 91.5 cm³/mol. The van der Waals surface area contributed by atoms with Crippen LogP contribution in [0.3, 0.4) is 0 Å². The van der Waals surface area contributed by atoms with E-state index in [1.54, 1.807) is 0 Å². The quantitative estimate of drug-likeness (QED) is 0.836. The number of rotatable bonds is 3. The molecule has 21 heavy (non-hydrogen) atoms. The molecule has 0 saturated heterocycles. The van der Waals surface area contributed by atoms with Crippen molar-refractivity contribution in [2.75, 3.05) is 5.32 Å². The first-order chi connectivity index (χ1) is 9.97. The summed E-state index contributed by atoms with van der Waals surface area (Å²) >= 11 is 5.53. The molecule has 1 amide bonds. The lowest BCUT2D eigenvalue weighted by atomic mass is 9.78. The summed E-state index contributed by atoms with van der Waals surface area (Å²) in [7, 11) is 0. The summed E-state index contributed by atoms with van der Waals surface area (Å²) < 4.78 is 0. The van der Waals surface area contributed by atoms with E-state index in [0.717, 1.165) is 22.2 Å². The third-order valence-electron chi connectivity index (χ3n) is 4.49. The summed E-state index contributed by atoms with van der Waals surface area (Å²) in [5.74, 6) is 1.34. The number of thiocarbonyl (C=S) groups is 1. The van der Waals surface area contributed by atoms with E-state index in [0.29, 0.717) is 12.0 Å². The highest BCUT2D eigenvalue weighted by Gasteiger charge is 2.27. The number of hydrogen-bond acceptors (Lipinski definition) is 2. The molecule has 0 aromatic heterocycles. The van der Waals surface area contributed by atoms with E-state index in [1.165, 1.54) is 26.2 Å². The largest absolute Gasteiger partial charge is 0.373 e. The Balaban J connectivity index is 1.98. The van der Waals surface area contributed by atoms with Gasteiger partial charge in [-0.3, -0.25) is 4.79 Å². The van der Waals surface area contributed by atoms with Crippen LogP contribution in [0.25, 0.3) is 0 Å². The molecule has 3 atom stereocenters. The highest BCUT2D eigenvalue weighted by atomic mass is 32.1. The van der Waals surface area contributed by atoms with Crippen molar-refractivity contribution in [2.45, 2.75) is 46.1 Å². The van der Waals surface area contributed by atoms with Gasteiger partial charge in [0, 0.05) is 24.2 Å². The molecule has 4 heteroatoms. The molecule has 0 aliphatic heterocycles. The predicted octanol–water partition coefficient (Wildman–Crippen LogP) is 3.73. The smallest absolute Gasteiger partial charge is 0.221 e. The summed E-state index contributed by atoms with van der Waals surface area (Å²) in [6, 6.07) is 8.15. The Kier molecular flexibility index (Phi) is 5.34. The standard InChI is InChI=1S/C17H24N2OS/c1-11-5-4-6-16(12(11)2)19-17(21)14-7-9-15(10-8-14)18-13(3)20/h7-12,16H,4-6H2,1-3H3,(H,18,20)(H,19,21)/t11-,12-,16+/m1/s1. The van der Waals surface area contributed by atoms with Gasteiger partial charge in [0.1, 0.15) is 4.99 Å². The molecule has 114 valence electrons. The maximum Gasteiger partial charge on any atom is 0.221 e. The van der Waals surface area contributed by atoms with E-state index in [4.69, 9.17) is 12.2 Å². The molecule has 1 fully saturated rings. The highest BCUT2D eigenvalue weighted by Crippen LogP contribution is 2.29. The van der Waals surface area contributed by atoms with Crippen LogP contribution in [0.15, 0.2) is 24.3 Å². The summed E-state index contributed by atoms with van der Waals surface area (Å²) in [6.07, 6.45) is 3.78. The second kappa shape index (κ2) is 7.03. The van der Waals surface area contributed by atoms with E-state index in [1.807, 2.05) is 24.3 Å². The number of amides is 1. The van der Waals surface area contributed by atoms with Crippen molar-refractivity contribution >= 4 is 28.8 Å². The second-order valence-electron chi connectivity index (χ2n) is 6.11. The molecule has 1 saturated carbocycles. The van der Waals surface area contributed by atoms with Crippen molar-refractivity contribution in [3.63, 3.8) is 0 Å². The number of benzene rings is 1. The first-order valence-corrected chi connectivity index (χ1v) is 8.06. The molecule has 0 radical (unpaired) electrons. The summed E-state index contributed by atoms with van der Waals surface area (Å²) in [6.45, 7) is 6.14. The molecule has 2 rings (SSSR count). The lowest BCUT2D eigenvalue weighted by Crippen LogP contribution is -2.43. The lowest BCUT2D eigenvalue weighted by molar-refractivity contribution is -0.114. The van der Waals surface area contributed by atoms with Gasteiger partial charge in [0.15, 0.2) is 0 Å². The fraction of sp³-hybridized carbons (Fsp3) is 0.529. The highest BCUT2D eigenvalue weighted by molar-refractivity contribution is 7.80. The molecule has 0 bridgehead atoms.